The first-order valence-corrected chi connectivity index (χ1v) is 5.54. The molecule has 0 aromatic carbocycles. The molecule has 0 atom stereocenters. The van der Waals surface area contributed by atoms with Crippen LogP contribution in [0.2, 0.25) is 0 Å². The van der Waals surface area contributed by atoms with E-state index in [0.29, 0.717) is 13.1 Å². The summed E-state index contributed by atoms with van der Waals surface area (Å²) >= 11 is 0. The van der Waals surface area contributed by atoms with E-state index in [0.717, 1.165) is 25.7 Å². The summed E-state index contributed by atoms with van der Waals surface area (Å²) < 4.78 is 0. The first-order chi connectivity index (χ1) is 6.93. The molecule has 15 heavy (non-hydrogen) atoms. The molecule has 1 amide bonds. The number of carbonyl (C=O) groups excluding carboxylic acids is 1. The van der Waals surface area contributed by atoms with Gasteiger partial charge in [0.15, 0.2) is 0 Å². The fourth-order valence-electron chi connectivity index (χ4n) is 2.11. The Bertz CT molecular complexity index is 223. The minimum Gasteiger partial charge on any atom is -0.388 e. The molecule has 0 heterocycles. The number of aliphatic hydroxyl groups is 1. The topological polar surface area (TPSA) is 43.8 Å². The normalized spacial score (nSPS) is 19.5. The second kappa shape index (κ2) is 4.94. The Labute approximate surface area is 91.9 Å². The number of amides is 1. The van der Waals surface area contributed by atoms with Crippen LogP contribution in [0.5, 0.6) is 0 Å². The zero-order valence-corrected chi connectivity index (χ0v) is 9.99. The molecule has 1 saturated carbocycles. The van der Waals surface area contributed by atoms with Gasteiger partial charge in [-0.05, 0) is 26.9 Å². The lowest BCUT2D eigenvalue weighted by Gasteiger charge is -2.29. The highest BCUT2D eigenvalue weighted by atomic mass is 16.3. The van der Waals surface area contributed by atoms with Gasteiger partial charge in [0, 0.05) is 13.6 Å². The number of nitrogens with zero attached hydrogens (tertiary/aromatic N) is 2. The quantitative estimate of drug-likeness (QED) is 0.732. The van der Waals surface area contributed by atoms with Crippen LogP contribution in [-0.4, -0.2) is 60.6 Å². The van der Waals surface area contributed by atoms with Crippen LogP contribution in [0, 0.1) is 0 Å². The molecule has 0 aromatic heterocycles. The van der Waals surface area contributed by atoms with Crippen molar-refractivity contribution in [2.24, 2.45) is 0 Å². The minimum atomic E-state index is -0.628. The van der Waals surface area contributed by atoms with Gasteiger partial charge >= 0.3 is 0 Å². The predicted molar refractivity (Wildman–Crippen MR) is 59.6 cm³/mol. The molecule has 88 valence electrons. The van der Waals surface area contributed by atoms with Crippen molar-refractivity contribution in [3.8, 4) is 0 Å². The maximum Gasteiger partial charge on any atom is 0.236 e. The molecule has 0 aromatic rings. The zero-order chi connectivity index (χ0) is 11.5. The number of rotatable bonds is 4. The Morgan fingerprint density at radius 3 is 2.27 bits per heavy atom. The largest absolute Gasteiger partial charge is 0.388 e. The first-order valence-electron chi connectivity index (χ1n) is 5.54. The van der Waals surface area contributed by atoms with E-state index < -0.39 is 5.60 Å². The van der Waals surface area contributed by atoms with Gasteiger partial charge in [-0.2, -0.15) is 0 Å². The molecule has 1 N–H and O–H groups in total. The Hall–Kier alpha value is -0.610. The van der Waals surface area contributed by atoms with Crippen molar-refractivity contribution in [3.63, 3.8) is 0 Å². The third-order valence-electron chi connectivity index (χ3n) is 2.94. The van der Waals surface area contributed by atoms with Crippen molar-refractivity contribution in [2.75, 3.05) is 34.2 Å². The molecular formula is C11H22N2O2. The van der Waals surface area contributed by atoms with E-state index in [1.54, 1.807) is 11.9 Å². The van der Waals surface area contributed by atoms with Crippen LogP contribution in [0.15, 0.2) is 0 Å². The van der Waals surface area contributed by atoms with Gasteiger partial charge in [-0.25, -0.2) is 0 Å². The highest BCUT2D eigenvalue weighted by Gasteiger charge is 2.33. The van der Waals surface area contributed by atoms with Gasteiger partial charge in [0.25, 0.3) is 0 Å². The smallest absolute Gasteiger partial charge is 0.236 e. The van der Waals surface area contributed by atoms with E-state index in [1.165, 1.54) is 0 Å². The summed E-state index contributed by atoms with van der Waals surface area (Å²) in [6, 6.07) is 0. The first kappa shape index (κ1) is 12.5. The van der Waals surface area contributed by atoms with Crippen molar-refractivity contribution in [2.45, 2.75) is 31.3 Å². The predicted octanol–water partition coefficient (Wildman–Crippen LogP) is 0.311. The number of hydrogen-bond acceptors (Lipinski definition) is 3. The second-order valence-electron chi connectivity index (χ2n) is 4.92. The van der Waals surface area contributed by atoms with Crippen LogP contribution >= 0.6 is 0 Å². The highest BCUT2D eigenvalue weighted by Crippen LogP contribution is 2.29. The molecule has 1 rings (SSSR count). The number of carbonyl (C=O) groups is 1. The fourth-order valence-corrected chi connectivity index (χ4v) is 2.11. The zero-order valence-electron chi connectivity index (χ0n) is 9.99. The van der Waals surface area contributed by atoms with Crippen molar-refractivity contribution < 1.29 is 9.90 Å². The Balaban J connectivity index is 2.40. The molecular weight excluding hydrogens is 192 g/mol. The summed E-state index contributed by atoms with van der Waals surface area (Å²) in [6.07, 6.45) is 3.80. The van der Waals surface area contributed by atoms with Crippen LogP contribution in [0.25, 0.3) is 0 Å². The van der Waals surface area contributed by atoms with Crippen molar-refractivity contribution in [3.05, 3.63) is 0 Å². The van der Waals surface area contributed by atoms with Crippen molar-refractivity contribution in [1.82, 2.24) is 9.80 Å². The van der Waals surface area contributed by atoms with Gasteiger partial charge in [-0.1, -0.05) is 12.8 Å². The van der Waals surface area contributed by atoms with Crippen LogP contribution < -0.4 is 0 Å². The fraction of sp³-hybridized carbons (Fsp3) is 0.909. The summed E-state index contributed by atoms with van der Waals surface area (Å²) in [6.45, 7) is 0.881. The lowest BCUT2D eigenvalue weighted by molar-refractivity contribution is -0.133. The summed E-state index contributed by atoms with van der Waals surface area (Å²) in [7, 11) is 5.51. The number of hydrogen-bond donors (Lipinski definition) is 1. The van der Waals surface area contributed by atoms with Crippen LogP contribution in [0.1, 0.15) is 25.7 Å². The van der Waals surface area contributed by atoms with E-state index >= 15 is 0 Å². The molecule has 0 unspecified atom stereocenters. The second-order valence-corrected chi connectivity index (χ2v) is 4.92. The standard InChI is InChI=1S/C11H22N2O2/c1-12(2)8-10(14)13(3)9-11(15)6-4-5-7-11/h15H,4-9H2,1-3H3. The summed E-state index contributed by atoms with van der Waals surface area (Å²) in [5, 5.41) is 10.1. The molecule has 1 aliphatic rings. The van der Waals surface area contributed by atoms with Gasteiger partial charge in [0.1, 0.15) is 0 Å². The lowest BCUT2D eigenvalue weighted by Crippen LogP contribution is -2.44. The van der Waals surface area contributed by atoms with Gasteiger partial charge in [0.05, 0.1) is 12.1 Å². The maximum atomic E-state index is 11.7. The van der Waals surface area contributed by atoms with Crippen LogP contribution in [-0.2, 0) is 4.79 Å². The molecule has 0 bridgehead atoms. The molecule has 0 saturated heterocycles. The van der Waals surface area contributed by atoms with E-state index in [9.17, 15) is 9.90 Å². The van der Waals surface area contributed by atoms with Gasteiger partial charge < -0.3 is 14.9 Å². The van der Waals surface area contributed by atoms with E-state index in [2.05, 4.69) is 0 Å². The highest BCUT2D eigenvalue weighted by molar-refractivity contribution is 5.78. The summed E-state index contributed by atoms with van der Waals surface area (Å²) in [5.41, 5.74) is -0.628. The van der Waals surface area contributed by atoms with E-state index in [-0.39, 0.29) is 5.91 Å². The average Bonchev–Trinajstić information content (AvgIpc) is 2.50. The Kier molecular flexibility index (Phi) is 4.11. The van der Waals surface area contributed by atoms with Crippen LogP contribution in [0.4, 0.5) is 0 Å². The minimum absolute atomic E-state index is 0.0697. The third-order valence-corrected chi connectivity index (χ3v) is 2.94. The molecule has 0 aliphatic heterocycles. The molecule has 1 fully saturated rings. The molecule has 1 aliphatic carbocycles. The van der Waals surface area contributed by atoms with Gasteiger partial charge in [-0.3, -0.25) is 4.79 Å². The molecule has 0 spiro atoms. The lowest BCUT2D eigenvalue weighted by atomic mass is 10.0. The Morgan fingerprint density at radius 2 is 1.80 bits per heavy atom. The van der Waals surface area contributed by atoms with Crippen molar-refractivity contribution in [1.29, 1.82) is 0 Å². The molecule has 4 nitrogen and oxygen atoms in total. The van der Waals surface area contributed by atoms with Crippen LogP contribution in [0.3, 0.4) is 0 Å². The van der Waals surface area contributed by atoms with E-state index in [1.807, 2.05) is 19.0 Å². The monoisotopic (exact) mass is 214 g/mol. The molecule has 0 radical (unpaired) electrons. The van der Waals surface area contributed by atoms with E-state index in [4.69, 9.17) is 0 Å². The summed E-state index contributed by atoms with van der Waals surface area (Å²) in [4.78, 5) is 15.1. The third kappa shape index (κ3) is 3.80. The number of likely N-dealkylation sites (N-methyl/N-ethyl adjacent to an activating group) is 2. The maximum absolute atomic E-state index is 11.7. The van der Waals surface area contributed by atoms with Crippen molar-refractivity contribution >= 4 is 5.91 Å². The molecule has 4 heteroatoms. The Morgan fingerprint density at radius 1 is 1.27 bits per heavy atom. The van der Waals surface area contributed by atoms with Gasteiger partial charge in [-0.15, -0.1) is 0 Å². The summed E-state index contributed by atoms with van der Waals surface area (Å²) in [5.74, 6) is 0.0697. The van der Waals surface area contributed by atoms with Gasteiger partial charge in [0.2, 0.25) is 5.91 Å². The average molecular weight is 214 g/mol. The SMILES string of the molecule is CN(C)CC(=O)N(C)CC1(O)CCCC1.